The van der Waals surface area contributed by atoms with Gasteiger partial charge in [-0.25, -0.2) is 0 Å². The van der Waals surface area contributed by atoms with Crippen LogP contribution in [0.2, 0.25) is 0 Å². The summed E-state index contributed by atoms with van der Waals surface area (Å²) in [5.41, 5.74) is 0. The van der Waals surface area contributed by atoms with Gasteiger partial charge >= 0.3 is 0 Å². The molecule has 0 saturated heterocycles. The van der Waals surface area contributed by atoms with E-state index in [4.69, 9.17) is 9.84 Å². The van der Waals surface area contributed by atoms with Gasteiger partial charge in [-0.15, -0.1) is 5.10 Å². The summed E-state index contributed by atoms with van der Waals surface area (Å²) in [4.78, 5) is 0. The van der Waals surface area contributed by atoms with Crippen molar-refractivity contribution in [2.45, 2.75) is 51.2 Å². The highest BCUT2D eigenvalue weighted by atomic mass is 32.1. The van der Waals surface area contributed by atoms with E-state index in [2.05, 4.69) is 10.2 Å². The molecule has 0 radical (unpaired) electrons. The van der Waals surface area contributed by atoms with Gasteiger partial charge < -0.3 is 9.84 Å². The molecule has 84 valence electrons. The zero-order chi connectivity index (χ0) is 10.5. The van der Waals surface area contributed by atoms with Crippen LogP contribution in [0.15, 0.2) is 0 Å². The number of aliphatic hydroxyl groups is 1. The van der Waals surface area contributed by atoms with Crippen LogP contribution in [0.25, 0.3) is 0 Å². The molecule has 0 atom stereocenters. The van der Waals surface area contributed by atoms with Crippen LogP contribution >= 0.6 is 11.3 Å². The Kier molecular flexibility index (Phi) is 3.91. The highest BCUT2D eigenvalue weighted by Crippen LogP contribution is 2.25. The quantitative estimate of drug-likeness (QED) is 0.805. The van der Waals surface area contributed by atoms with Crippen LogP contribution in [0.3, 0.4) is 0 Å². The Morgan fingerprint density at radius 3 is 2.53 bits per heavy atom. The highest BCUT2D eigenvalue weighted by Gasteiger charge is 2.15. The Balaban J connectivity index is 1.89. The molecule has 1 fully saturated rings. The molecular weight excluding hydrogens is 212 g/mol. The van der Waals surface area contributed by atoms with Gasteiger partial charge in [-0.3, -0.25) is 0 Å². The molecule has 5 heteroatoms. The SMILES string of the molecule is OCc1nnc(OC2CCCCCC2)s1. The van der Waals surface area contributed by atoms with Gasteiger partial charge in [0, 0.05) is 0 Å². The summed E-state index contributed by atoms with van der Waals surface area (Å²) < 4.78 is 5.75. The summed E-state index contributed by atoms with van der Waals surface area (Å²) in [7, 11) is 0. The van der Waals surface area contributed by atoms with E-state index in [1.165, 1.54) is 37.0 Å². The maximum atomic E-state index is 8.85. The largest absolute Gasteiger partial charge is 0.466 e. The molecule has 1 N–H and O–H groups in total. The second-order valence-electron chi connectivity index (χ2n) is 3.85. The maximum Gasteiger partial charge on any atom is 0.294 e. The molecule has 1 aliphatic rings. The van der Waals surface area contributed by atoms with Gasteiger partial charge in [-0.2, -0.15) is 0 Å². The first-order chi connectivity index (χ1) is 7.38. The Morgan fingerprint density at radius 1 is 1.20 bits per heavy atom. The lowest BCUT2D eigenvalue weighted by Gasteiger charge is -2.13. The van der Waals surface area contributed by atoms with Crippen LogP contribution in [-0.4, -0.2) is 21.4 Å². The van der Waals surface area contributed by atoms with Gasteiger partial charge in [-0.1, -0.05) is 29.3 Å². The van der Waals surface area contributed by atoms with Crippen LogP contribution in [0, 0.1) is 0 Å². The minimum atomic E-state index is -0.0499. The van der Waals surface area contributed by atoms with E-state index in [1.54, 1.807) is 0 Å². The molecule has 0 aromatic carbocycles. The Bertz CT molecular complexity index is 295. The maximum absolute atomic E-state index is 8.85. The Morgan fingerprint density at radius 2 is 1.93 bits per heavy atom. The van der Waals surface area contributed by atoms with Gasteiger partial charge in [-0.05, 0) is 25.7 Å². The first-order valence-corrected chi connectivity index (χ1v) is 6.30. The molecule has 1 aliphatic carbocycles. The lowest BCUT2D eigenvalue weighted by Crippen LogP contribution is -2.14. The van der Waals surface area contributed by atoms with Crippen LogP contribution in [0.5, 0.6) is 5.19 Å². The number of hydrogen-bond acceptors (Lipinski definition) is 5. The molecule has 2 rings (SSSR count). The number of aromatic nitrogens is 2. The third-order valence-electron chi connectivity index (χ3n) is 2.65. The van der Waals surface area contributed by atoms with E-state index in [1.807, 2.05) is 0 Å². The van der Waals surface area contributed by atoms with Gasteiger partial charge in [0.05, 0.1) is 6.61 Å². The van der Waals surface area contributed by atoms with Crippen LogP contribution in [0.1, 0.15) is 43.5 Å². The summed E-state index contributed by atoms with van der Waals surface area (Å²) in [5, 5.41) is 17.8. The van der Waals surface area contributed by atoms with Gasteiger partial charge in [0.15, 0.2) is 0 Å². The van der Waals surface area contributed by atoms with Gasteiger partial charge in [0.2, 0.25) is 0 Å². The van der Waals surface area contributed by atoms with E-state index in [9.17, 15) is 0 Å². The van der Waals surface area contributed by atoms with E-state index in [-0.39, 0.29) is 6.61 Å². The molecule has 0 bridgehead atoms. The monoisotopic (exact) mass is 228 g/mol. The smallest absolute Gasteiger partial charge is 0.294 e. The van der Waals surface area contributed by atoms with Crippen molar-refractivity contribution in [3.8, 4) is 5.19 Å². The number of aliphatic hydroxyl groups excluding tert-OH is 1. The molecule has 1 saturated carbocycles. The van der Waals surface area contributed by atoms with Crippen molar-refractivity contribution in [3.63, 3.8) is 0 Å². The average molecular weight is 228 g/mol. The average Bonchev–Trinajstić information content (AvgIpc) is 2.54. The normalized spacial score (nSPS) is 18.7. The van der Waals surface area contributed by atoms with Crippen molar-refractivity contribution in [1.82, 2.24) is 10.2 Å². The number of nitrogens with zero attached hydrogens (tertiary/aromatic N) is 2. The predicted molar refractivity (Wildman–Crippen MR) is 57.9 cm³/mol. The standard InChI is InChI=1S/C10H16N2O2S/c13-7-9-11-12-10(15-9)14-8-5-3-1-2-4-6-8/h8,13H,1-7H2. The molecule has 15 heavy (non-hydrogen) atoms. The van der Waals surface area contributed by atoms with Crippen LogP contribution < -0.4 is 4.74 Å². The summed E-state index contributed by atoms with van der Waals surface area (Å²) in [6.45, 7) is -0.0499. The molecular formula is C10H16N2O2S. The fraction of sp³-hybridized carbons (Fsp3) is 0.800. The summed E-state index contributed by atoms with van der Waals surface area (Å²) in [5.74, 6) is 0. The summed E-state index contributed by atoms with van der Waals surface area (Å²) in [6.07, 6.45) is 7.66. The number of ether oxygens (including phenoxy) is 1. The van der Waals surface area contributed by atoms with Crippen molar-refractivity contribution in [2.24, 2.45) is 0 Å². The fourth-order valence-corrected chi connectivity index (χ4v) is 2.47. The zero-order valence-electron chi connectivity index (χ0n) is 8.69. The topological polar surface area (TPSA) is 55.2 Å². The molecule has 1 aromatic rings. The predicted octanol–water partition coefficient (Wildman–Crippen LogP) is 2.13. The van der Waals surface area contributed by atoms with E-state index >= 15 is 0 Å². The second kappa shape index (κ2) is 5.42. The lowest BCUT2D eigenvalue weighted by atomic mass is 10.2. The van der Waals surface area contributed by atoms with Gasteiger partial charge in [0.25, 0.3) is 5.19 Å². The first kappa shape index (κ1) is 10.8. The lowest BCUT2D eigenvalue weighted by molar-refractivity contribution is 0.181. The summed E-state index contributed by atoms with van der Waals surface area (Å²) >= 11 is 1.34. The number of hydrogen-bond donors (Lipinski definition) is 1. The molecule has 0 spiro atoms. The van der Waals surface area contributed by atoms with Crippen molar-refractivity contribution in [1.29, 1.82) is 0 Å². The van der Waals surface area contributed by atoms with E-state index in [0.717, 1.165) is 12.8 Å². The third kappa shape index (κ3) is 3.14. The molecule has 0 aliphatic heterocycles. The van der Waals surface area contributed by atoms with Crippen LogP contribution in [-0.2, 0) is 6.61 Å². The minimum absolute atomic E-state index is 0.0499. The second-order valence-corrected chi connectivity index (χ2v) is 4.88. The fourth-order valence-electron chi connectivity index (χ4n) is 1.85. The molecule has 4 nitrogen and oxygen atoms in total. The van der Waals surface area contributed by atoms with Gasteiger partial charge in [0.1, 0.15) is 11.1 Å². The molecule has 1 heterocycles. The first-order valence-electron chi connectivity index (χ1n) is 5.48. The van der Waals surface area contributed by atoms with Crippen molar-refractivity contribution < 1.29 is 9.84 Å². The van der Waals surface area contributed by atoms with Crippen molar-refractivity contribution in [3.05, 3.63) is 5.01 Å². The Hall–Kier alpha value is -0.680. The number of rotatable bonds is 3. The minimum Gasteiger partial charge on any atom is -0.466 e. The summed E-state index contributed by atoms with van der Waals surface area (Å²) in [6, 6.07) is 0. The van der Waals surface area contributed by atoms with Crippen molar-refractivity contribution in [2.75, 3.05) is 0 Å². The van der Waals surface area contributed by atoms with Crippen molar-refractivity contribution >= 4 is 11.3 Å². The molecule has 1 aromatic heterocycles. The zero-order valence-corrected chi connectivity index (χ0v) is 9.50. The molecule has 0 amide bonds. The van der Waals surface area contributed by atoms with E-state index < -0.39 is 0 Å². The van der Waals surface area contributed by atoms with Crippen LogP contribution in [0.4, 0.5) is 0 Å². The van der Waals surface area contributed by atoms with E-state index in [0.29, 0.717) is 16.3 Å². The third-order valence-corrected chi connectivity index (χ3v) is 3.45. The molecule has 0 unspecified atom stereocenters. The highest BCUT2D eigenvalue weighted by molar-refractivity contribution is 7.13. The Labute approximate surface area is 93.3 Å².